The highest BCUT2D eigenvalue weighted by atomic mass is 16.5. The molecule has 0 fully saturated rings. The molecule has 178 valence electrons. The lowest BCUT2D eigenvalue weighted by Crippen LogP contribution is -2.15. The molecule has 0 aliphatic rings. The zero-order valence-electron chi connectivity index (χ0n) is 18.9. The number of ether oxygens (including phenoxy) is 2. The molecule has 2 N–H and O–H groups in total. The first kappa shape index (κ1) is 22.8. The Labute approximate surface area is 204 Å². The van der Waals surface area contributed by atoms with Crippen molar-refractivity contribution >= 4 is 45.3 Å². The molecular weight excluding hydrogens is 460 g/mol. The first-order chi connectivity index (χ1) is 17.5. The minimum absolute atomic E-state index is 0.174. The average Bonchev–Trinajstić information content (AvgIpc) is 3.55. The van der Waals surface area contributed by atoms with Gasteiger partial charge in [-0.3, -0.25) is 9.59 Å². The van der Waals surface area contributed by atoms with E-state index in [2.05, 4.69) is 9.97 Å². The zero-order valence-corrected chi connectivity index (χ0v) is 18.9. The van der Waals surface area contributed by atoms with Crippen LogP contribution in [0.3, 0.4) is 0 Å². The summed E-state index contributed by atoms with van der Waals surface area (Å²) in [5, 5.41) is 1.51. The molecule has 0 radical (unpaired) electrons. The number of aromatic amines is 2. The Kier molecular flexibility index (Phi) is 6.15. The maximum atomic E-state index is 12.5. The van der Waals surface area contributed by atoms with Crippen molar-refractivity contribution in [2.75, 3.05) is 13.2 Å². The fourth-order valence-electron chi connectivity index (χ4n) is 3.93. The molecule has 0 unspecified atom stereocenters. The zero-order chi connectivity index (χ0) is 25.1. The van der Waals surface area contributed by atoms with Crippen molar-refractivity contribution < 1.29 is 28.7 Å². The van der Waals surface area contributed by atoms with Gasteiger partial charge >= 0.3 is 11.9 Å². The van der Waals surface area contributed by atoms with E-state index in [0.29, 0.717) is 11.1 Å². The molecule has 36 heavy (non-hydrogen) atoms. The molecule has 0 amide bonds. The molecule has 0 aliphatic heterocycles. The van der Waals surface area contributed by atoms with Gasteiger partial charge in [-0.15, -0.1) is 0 Å². The first-order valence-corrected chi connectivity index (χ1v) is 11.1. The van der Waals surface area contributed by atoms with Gasteiger partial charge in [0, 0.05) is 45.3 Å². The third kappa shape index (κ3) is 4.52. The van der Waals surface area contributed by atoms with Crippen molar-refractivity contribution in [3.05, 3.63) is 107 Å². The molecular formula is C28H20N2O6. The summed E-state index contributed by atoms with van der Waals surface area (Å²) < 4.78 is 10.3. The third-order valence-corrected chi connectivity index (χ3v) is 5.80. The predicted octanol–water partition coefficient (Wildman–Crippen LogP) is 4.73. The van der Waals surface area contributed by atoms with Crippen LogP contribution in [-0.2, 0) is 9.47 Å². The van der Waals surface area contributed by atoms with E-state index in [1.54, 1.807) is 12.4 Å². The van der Waals surface area contributed by atoms with Gasteiger partial charge in [-0.1, -0.05) is 36.4 Å². The van der Waals surface area contributed by atoms with Crippen molar-refractivity contribution in [2.24, 2.45) is 0 Å². The fraction of sp³-hybridized carbons (Fsp3) is 0.0714. The van der Waals surface area contributed by atoms with E-state index in [9.17, 15) is 19.2 Å². The Bertz CT molecular complexity index is 1490. The van der Waals surface area contributed by atoms with E-state index in [0.717, 1.165) is 21.8 Å². The van der Waals surface area contributed by atoms with E-state index in [4.69, 9.17) is 9.47 Å². The summed E-state index contributed by atoms with van der Waals surface area (Å²) in [5.74, 6) is -2.06. The lowest BCUT2D eigenvalue weighted by Gasteiger charge is -2.06. The van der Waals surface area contributed by atoms with Gasteiger partial charge in [-0.25, -0.2) is 9.59 Å². The number of carbonyl (C=O) groups is 4. The van der Waals surface area contributed by atoms with Gasteiger partial charge in [0.15, 0.2) is 13.2 Å². The van der Waals surface area contributed by atoms with Gasteiger partial charge in [0.05, 0.1) is 11.1 Å². The second kappa shape index (κ2) is 9.71. The monoisotopic (exact) mass is 480 g/mol. The number of para-hydroxylation sites is 2. The topological polar surface area (TPSA) is 118 Å². The number of hydrogen-bond donors (Lipinski definition) is 2. The van der Waals surface area contributed by atoms with Crippen LogP contribution in [0, 0.1) is 0 Å². The molecule has 0 bridgehead atoms. The lowest BCUT2D eigenvalue weighted by molar-refractivity contribution is 0.0468. The molecule has 5 rings (SSSR count). The number of nitrogens with one attached hydrogen (secondary N) is 2. The largest absolute Gasteiger partial charge is 0.454 e. The van der Waals surface area contributed by atoms with Crippen LogP contribution in [0.5, 0.6) is 0 Å². The maximum Gasteiger partial charge on any atom is 0.338 e. The summed E-state index contributed by atoms with van der Waals surface area (Å²) in [6.45, 7) is -0.832. The van der Waals surface area contributed by atoms with Crippen LogP contribution in [0.1, 0.15) is 41.4 Å². The van der Waals surface area contributed by atoms with Crippen LogP contribution >= 0.6 is 0 Å². The van der Waals surface area contributed by atoms with Gasteiger partial charge in [0.25, 0.3) is 0 Å². The highest BCUT2D eigenvalue weighted by molar-refractivity contribution is 6.10. The van der Waals surface area contributed by atoms with Crippen LogP contribution in [-0.4, -0.2) is 46.7 Å². The highest BCUT2D eigenvalue weighted by Crippen LogP contribution is 2.19. The highest BCUT2D eigenvalue weighted by Gasteiger charge is 2.18. The molecule has 8 nitrogen and oxygen atoms in total. The molecule has 2 heterocycles. The van der Waals surface area contributed by atoms with Crippen LogP contribution < -0.4 is 0 Å². The van der Waals surface area contributed by atoms with Gasteiger partial charge in [-0.05, 0) is 36.4 Å². The second-order valence-electron chi connectivity index (χ2n) is 8.07. The van der Waals surface area contributed by atoms with E-state index >= 15 is 0 Å². The molecule has 0 saturated carbocycles. The fourth-order valence-corrected chi connectivity index (χ4v) is 3.93. The smallest absolute Gasteiger partial charge is 0.338 e. The SMILES string of the molecule is O=C(OCC(=O)c1c[nH]c2ccccc12)c1ccc(C(=O)OCC(=O)c2c[nH]c3ccccc23)cc1. The van der Waals surface area contributed by atoms with E-state index in [1.807, 2.05) is 48.5 Å². The van der Waals surface area contributed by atoms with Crippen molar-refractivity contribution in [3.63, 3.8) is 0 Å². The number of fused-ring (bicyclic) bond motifs is 2. The van der Waals surface area contributed by atoms with E-state index in [-0.39, 0.29) is 22.7 Å². The number of benzene rings is 3. The summed E-state index contributed by atoms with van der Waals surface area (Å²) in [4.78, 5) is 55.8. The normalized spacial score (nSPS) is 10.9. The molecule has 8 heteroatoms. The van der Waals surface area contributed by atoms with E-state index in [1.165, 1.54) is 24.3 Å². The number of aromatic nitrogens is 2. The summed E-state index contributed by atoms with van der Waals surface area (Å²) in [6.07, 6.45) is 3.18. The average molecular weight is 480 g/mol. The Hall–Kier alpha value is -4.98. The van der Waals surface area contributed by atoms with Crippen LogP contribution in [0.25, 0.3) is 21.8 Å². The number of esters is 2. The van der Waals surface area contributed by atoms with Gasteiger partial charge in [-0.2, -0.15) is 0 Å². The Morgan fingerprint density at radius 3 is 1.36 bits per heavy atom. The number of rotatable bonds is 8. The number of carbonyl (C=O) groups excluding carboxylic acids is 4. The van der Waals surface area contributed by atoms with Crippen molar-refractivity contribution in [1.82, 2.24) is 9.97 Å². The van der Waals surface area contributed by atoms with Crippen molar-refractivity contribution in [2.45, 2.75) is 0 Å². The molecule has 0 atom stereocenters. The van der Waals surface area contributed by atoms with Crippen LogP contribution in [0.2, 0.25) is 0 Å². The number of ketones is 2. The second-order valence-corrected chi connectivity index (χ2v) is 8.07. The summed E-state index contributed by atoms with van der Waals surface area (Å²) >= 11 is 0. The Morgan fingerprint density at radius 1 is 0.556 bits per heavy atom. The molecule has 0 saturated heterocycles. The number of hydrogen-bond acceptors (Lipinski definition) is 6. The molecule has 2 aromatic heterocycles. The minimum atomic E-state index is -0.697. The summed E-state index contributed by atoms with van der Waals surface area (Å²) in [7, 11) is 0. The van der Waals surface area contributed by atoms with Crippen molar-refractivity contribution in [3.8, 4) is 0 Å². The Morgan fingerprint density at radius 2 is 0.944 bits per heavy atom. The predicted molar refractivity (Wildman–Crippen MR) is 132 cm³/mol. The van der Waals surface area contributed by atoms with Crippen molar-refractivity contribution in [1.29, 1.82) is 0 Å². The van der Waals surface area contributed by atoms with Crippen LogP contribution in [0.4, 0.5) is 0 Å². The minimum Gasteiger partial charge on any atom is -0.454 e. The van der Waals surface area contributed by atoms with Crippen LogP contribution in [0.15, 0.2) is 85.2 Å². The third-order valence-electron chi connectivity index (χ3n) is 5.80. The summed E-state index contributed by atoms with van der Waals surface area (Å²) in [6, 6.07) is 20.3. The molecule has 0 spiro atoms. The summed E-state index contributed by atoms with van der Waals surface area (Å²) in [5.41, 5.74) is 2.87. The molecule has 5 aromatic rings. The van der Waals surface area contributed by atoms with Gasteiger partial charge in [0.2, 0.25) is 11.6 Å². The Balaban J connectivity index is 1.15. The quantitative estimate of drug-likeness (QED) is 0.245. The molecule has 0 aliphatic carbocycles. The lowest BCUT2D eigenvalue weighted by atomic mass is 10.1. The number of H-pyrrole nitrogens is 2. The first-order valence-electron chi connectivity index (χ1n) is 11.1. The maximum absolute atomic E-state index is 12.5. The van der Waals surface area contributed by atoms with Gasteiger partial charge < -0.3 is 19.4 Å². The molecule has 3 aromatic carbocycles. The number of Topliss-reactive ketones (excluding diaryl/α,β-unsaturated/α-hetero) is 2. The van der Waals surface area contributed by atoms with Gasteiger partial charge in [0.1, 0.15) is 0 Å². The standard InChI is InChI=1S/C28H20N2O6/c31-25(21-13-29-23-7-3-1-5-19(21)23)15-35-27(33)17-9-11-18(12-10-17)28(34)36-16-26(32)22-14-30-24-8-4-2-6-20(22)24/h1-14,29-30H,15-16H2. The van der Waals surface area contributed by atoms with E-state index < -0.39 is 25.2 Å².